The molecule has 1 fully saturated rings. The highest BCUT2D eigenvalue weighted by molar-refractivity contribution is 6.63. The average molecular weight is 323 g/mol. The van der Waals surface area contributed by atoms with Gasteiger partial charge in [-0.1, -0.05) is 0 Å². The van der Waals surface area contributed by atoms with E-state index in [1.807, 2.05) is 27.7 Å². The van der Waals surface area contributed by atoms with E-state index >= 15 is 0 Å². The standard InChI is InChI=1S/C15H23BFN3O3/c1-14(2)15(3,4)23-16(22-14)13-11(17)8-10(9-12(13)21-5)20(19)7-6-18/h6-9H,18-19H2,1-5H3/b7-6-. The summed E-state index contributed by atoms with van der Waals surface area (Å²) in [4.78, 5) is 0. The quantitative estimate of drug-likeness (QED) is 0.493. The molecule has 23 heavy (non-hydrogen) atoms. The molecule has 0 unspecified atom stereocenters. The van der Waals surface area contributed by atoms with Crippen LogP contribution in [0.1, 0.15) is 27.7 Å². The molecule has 0 aliphatic carbocycles. The molecular weight excluding hydrogens is 300 g/mol. The summed E-state index contributed by atoms with van der Waals surface area (Å²) in [7, 11) is 0.590. The van der Waals surface area contributed by atoms with Crippen LogP contribution in [0.15, 0.2) is 24.5 Å². The number of rotatable bonds is 4. The lowest BCUT2D eigenvalue weighted by atomic mass is 9.77. The van der Waals surface area contributed by atoms with Crippen molar-refractivity contribution >= 4 is 18.3 Å². The number of benzene rings is 1. The van der Waals surface area contributed by atoms with Gasteiger partial charge in [-0.2, -0.15) is 0 Å². The van der Waals surface area contributed by atoms with Crippen LogP contribution in [0.25, 0.3) is 0 Å². The van der Waals surface area contributed by atoms with Gasteiger partial charge in [0.25, 0.3) is 0 Å². The van der Waals surface area contributed by atoms with Gasteiger partial charge < -0.3 is 19.8 Å². The third-order valence-electron chi connectivity index (χ3n) is 4.33. The number of methoxy groups -OCH3 is 1. The van der Waals surface area contributed by atoms with Crippen molar-refractivity contribution < 1.29 is 18.4 Å². The largest absolute Gasteiger partial charge is 0.501 e. The van der Waals surface area contributed by atoms with Crippen LogP contribution in [0.5, 0.6) is 5.75 Å². The molecule has 0 saturated carbocycles. The van der Waals surface area contributed by atoms with Gasteiger partial charge >= 0.3 is 7.12 Å². The van der Waals surface area contributed by atoms with Gasteiger partial charge in [-0.25, -0.2) is 10.2 Å². The van der Waals surface area contributed by atoms with Crippen molar-refractivity contribution in [2.45, 2.75) is 38.9 Å². The fraction of sp³-hybridized carbons (Fsp3) is 0.467. The smallest absolute Gasteiger partial charge is 0.497 e. The minimum absolute atomic E-state index is 0.208. The van der Waals surface area contributed by atoms with Gasteiger partial charge in [0.2, 0.25) is 0 Å². The molecule has 2 rings (SSSR count). The van der Waals surface area contributed by atoms with Crippen molar-refractivity contribution in [2.24, 2.45) is 11.6 Å². The molecule has 1 aliphatic rings. The van der Waals surface area contributed by atoms with Crippen LogP contribution < -0.4 is 26.8 Å². The maximum Gasteiger partial charge on any atom is 0.501 e. The van der Waals surface area contributed by atoms with Crippen LogP contribution in [0.2, 0.25) is 0 Å². The number of hydrogen-bond donors (Lipinski definition) is 2. The molecule has 0 radical (unpaired) electrons. The lowest BCUT2D eigenvalue weighted by molar-refractivity contribution is 0.00578. The molecule has 1 aromatic carbocycles. The van der Waals surface area contributed by atoms with E-state index in [4.69, 9.17) is 25.6 Å². The van der Waals surface area contributed by atoms with Crippen LogP contribution in [0, 0.1) is 5.82 Å². The second-order valence-electron chi connectivity index (χ2n) is 6.38. The average Bonchev–Trinajstić information content (AvgIpc) is 2.66. The van der Waals surface area contributed by atoms with Gasteiger partial charge in [-0.05, 0) is 33.8 Å². The Morgan fingerprint density at radius 3 is 2.26 bits per heavy atom. The van der Waals surface area contributed by atoms with Crippen LogP contribution in [-0.4, -0.2) is 25.4 Å². The molecule has 0 amide bonds. The summed E-state index contributed by atoms with van der Waals surface area (Å²) in [5.74, 6) is 5.53. The number of nitrogens with zero attached hydrogens (tertiary/aromatic N) is 1. The number of nitrogens with two attached hydrogens (primary N) is 2. The van der Waals surface area contributed by atoms with Crippen molar-refractivity contribution in [1.82, 2.24) is 0 Å². The molecule has 0 atom stereocenters. The molecule has 8 heteroatoms. The van der Waals surface area contributed by atoms with Crippen molar-refractivity contribution in [3.8, 4) is 5.75 Å². The molecule has 1 aliphatic heterocycles. The van der Waals surface area contributed by atoms with Crippen LogP contribution in [0.4, 0.5) is 10.1 Å². The van der Waals surface area contributed by atoms with Gasteiger partial charge in [-0.3, -0.25) is 5.01 Å². The van der Waals surface area contributed by atoms with Gasteiger partial charge in [0.1, 0.15) is 11.6 Å². The molecule has 1 saturated heterocycles. The van der Waals surface area contributed by atoms with Crippen molar-refractivity contribution in [3.05, 3.63) is 30.3 Å². The summed E-state index contributed by atoms with van der Waals surface area (Å²) in [6.07, 6.45) is 2.66. The lowest BCUT2D eigenvalue weighted by Gasteiger charge is -2.32. The molecule has 0 bridgehead atoms. The van der Waals surface area contributed by atoms with E-state index in [0.29, 0.717) is 11.4 Å². The van der Waals surface area contributed by atoms with E-state index in [9.17, 15) is 4.39 Å². The van der Waals surface area contributed by atoms with Crippen LogP contribution >= 0.6 is 0 Å². The molecule has 6 nitrogen and oxygen atoms in total. The third-order valence-corrected chi connectivity index (χ3v) is 4.33. The van der Waals surface area contributed by atoms with Crippen molar-refractivity contribution in [1.29, 1.82) is 0 Å². The van der Waals surface area contributed by atoms with Crippen molar-refractivity contribution in [2.75, 3.05) is 12.1 Å². The van der Waals surface area contributed by atoms with E-state index in [-0.39, 0.29) is 5.46 Å². The zero-order valence-electron chi connectivity index (χ0n) is 14.1. The zero-order chi connectivity index (χ0) is 17.4. The number of halogens is 1. The summed E-state index contributed by atoms with van der Waals surface area (Å²) in [5, 5.41) is 1.19. The second kappa shape index (κ2) is 6.03. The third kappa shape index (κ3) is 3.15. The summed E-state index contributed by atoms with van der Waals surface area (Å²) in [5.41, 5.74) is 4.75. The summed E-state index contributed by atoms with van der Waals surface area (Å²) < 4.78 is 31.8. The Kier molecular flexibility index (Phi) is 4.61. The summed E-state index contributed by atoms with van der Waals surface area (Å²) in [6, 6.07) is 2.88. The van der Waals surface area contributed by atoms with E-state index in [1.165, 1.54) is 30.6 Å². The topological polar surface area (TPSA) is 83.0 Å². The predicted octanol–water partition coefficient (Wildman–Crippen LogP) is 1.24. The Morgan fingerprint density at radius 1 is 1.22 bits per heavy atom. The number of ether oxygens (including phenoxy) is 1. The molecule has 1 heterocycles. The monoisotopic (exact) mass is 323 g/mol. The molecular formula is C15H23BFN3O3. The Labute approximate surface area is 136 Å². The molecule has 126 valence electrons. The lowest BCUT2D eigenvalue weighted by Crippen LogP contribution is -2.41. The molecule has 0 spiro atoms. The first-order valence-corrected chi connectivity index (χ1v) is 7.28. The maximum atomic E-state index is 14.7. The highest BCUT2D eigenvalue weighted by atomic mass is 19.1. The van der Waals surface area contributed by atoms with Crippen LogP contribution in [0.3, 0.4) is 0 Å². The van der Waals surface area contributed by atoms with E-state index < -0.39 is 24.1 Å². The number of anilines is 1. The first-order chi connectivity index (χ1) is 10.6. The summed E-state index contributed by atoms with van der Waals surface area (Å²) >= 11 is 0. The Morgan fingerprint density at radius 2 is 1.78 bits per heavy atom. The highest BCUT2D eigenvalue weighted by Crippen LogP contribution is 2.37. The Balaban J connectivity index is 2.44. The maximum absolute atomic E-state index is 14.7. The van der Waals surface area contributed by atoms with Gasteiger partial charge in [-0.15, -0.1) is 0 Å². The first kappa shape index (κ1) is 17.6. The van der Waals surface area contributed by atoms with Gasteiger partial charge in [0, 0.05) is 18.5 Å². The second-order valence-corrected chi connectivity index (χ2v) is 6.38. The SMILES string of the molecule is COc1cc(N(N)/C=C\N)cc(F)c1B1OC(C)(C)C(C)(C)O1. The first-order valence-electron chi connectivity index (χ1n) is 7.28. The number of hydrazine groups is 1. The minimum Gasteiger partial charge on any atom is -0.497 e. The van der Waals surface area contributed by atoms with E-state index in [1.54, 1.807) is 6.07 Å². The minimum atomic E-state index is -0.861. The van der Waals surface area contributed by atoms with E-state index in [2.05, 4.69) is 0 Å². The highest BCUT2D eigenvalue weighted by Gasteiger charge is 2.53. The normalized spacial score (nSPS) is 19.3. The fourth-order valence-electron chi connectivity index (χ4n) is 2.27. The van der Waals surface area contributed by atoms with Crippen LogP contribution in [-0.2, 0) is 9.31 Å². The summed E-state index contributed by atoms with van der Waals surface area (Å²) in [6.45, 7) is 7.61. The number of hydrogen-bond acceptors (Lipinski definition) is 6. The van der Waals surface area contributed by atoms with Crippen molar-refractivity contribution in [3.63, 3.8) is 0 Å². The van der Waals surface area contributed by atoms with E-state index in [0.717, 1.165) is 0 Å². The Hall–Kier alpha value is -1.77. The molecule has 4 N–H and O–H groups in total. The van der Waals surface area contributed by atoms with Gasteiger partial charge in [0.15, 0.2) is 0 Å². The predicted molar refractivity (Wildman–Crippen MR) is 88.7 cm³/mol. The molecule has 1 aromatic rings. The molecule has 0 aromatic heterocycles. The zero-order valence-corrected chi connectivity index (χ0v) is 14.1. The fourth-order valence-corrected chi connectivity index (χ4v) is 2.27. The Bertz CT molecular complexity index is 606. The van der Waals surface area contributed by atoms with Gasteiger partial charge in [0.05, 0.1) is 29.5 Å².